The number of rotatable bonds is 4. The normalized spacial score (nSPS) is 9.90. The molecule has 2 rings (SSSR count). The van der Waals surface area contributed by atoms with Crippen LogP contribution in [0.1, 0.15) is 16.7 Å². The molecule has 0 saturated heterocycles. The van der Waals surface area contributed by atoms with Crippen molar-refractivity contribution in [3.8, 4) is 11.8 Å². The lowest BCUT2D eigenvalue weighted by atomic mass is 10.1. The third-order valence-electron chi connectivity index (χ3n) is 3.04. The number of nitrogens with zero attached hydrogens (tertiary/aromatic N) is 1. The van der Waals surface area contributed by atoms with Gasteiger partial charge in [-0.25, -0.2) is 0 Å². The monoisotopic (exact) mass is 330 g/mol. The molecule has 0 saturated carbocycles. The van der Waals surface area contributed by atoms with Gasteiger partial charge in [-0.05, 0) is 48.4 Å². The van der Waals surface area contributed by atoms with Gasteiger partial charge in [-0.3, -0.25) is 0 Å². The molecule has 2 aromatic rings. The summed E-state index contributed by atoms with van der Waals surface area (Å²) in [5.41, 5.74) is 3.84. The number of halogens is 1. The number of aryl methyl sites for hydroxylation is 1. The average molecular weight is 331 g/mol. The van der Waals surface area contributed by atoms with E-state index in [0.29, 0.717) is 17.9 Å². The highest BCUT2D eigenvalue weighted by atomic mass is 79.9. The summed E-state index contributed by atoms with van der Waals surface area (Å²) >= 11 is 3.48. The second kappa shape index (κ2) is 6.44. The molecule has 0 aliphatic heterocycles. The molecule has 0 aliphatic carbocycles. The second-order valence-electron chi connectivity index (χ2n) is 4.46. The summed E-state index contributed by atoms with van der Waals surface area (Å²) in [5, 5.41) is 12.4. The van der Waals surface area contributed by atoms with Gasteiger partial charge in [-0.15, -0.1) is 0 Å². The van der Waals surface area contributed by atoms with E-state index in [1.807, 2.05) is 30.3 Å². The van der Waals surface area contributed by atoms with E-state index < -0.39 is 0 Å². The molecule has 20 heavy (non-hydrogen) atoms. The molecule has 0 aromatic heterocycles. The summed E-state index contributed by atoms with van der Waals surface area (Å²) in [6.45, 7) is 2.72. The van der Waals surface area contributed by atoms with Crippen molar-refractivity contribution in [3.05, 3.63) is 57.6 Å². The zero-order valence-electron chi connectivity index (χ0n) is 11.4. The molecule has 0 bridgehead atoms. The predicted octanol–water partition coefficient (Wildman–Crippen LogP) is 4.25. The Labute approximate surface area is 127 Å². The fraction of sp³-hybridized carbons (Fsp3) is 0.188. The van der Waals surface area contributed by atoms with E-state index in [9.17, 15) is 0 Å². The summed E-state index contributed by atoms with van der Waals surface area (Å²) < 4.78 is 6.23. The van der Waals surface area contributed by atoms with Gasteiger partial charge in [0.25, 0.3) is 0 Å². The topological polar surface area (TPSA) is 45.0 Å². The van der Waals surface area contributed by atoms with Gasteiger partial charge in [-0.2, -0.15) is 5.26 Å². The highest BCUT2D eigenvalue weighted by molar-refractivity contribution is 9.10. The van der Waals surface area contributed by atoms with Crippen LogP contribution >= 0.6 is 15.9 Å². The number of nitriles is 1. The van der Waals surface area contributed by atoms with Crippen molar-refractivity contribution in [3.63, 3.8) is 0 Å². The number of benzene rings is 2. The highest BCUT2D eigenvalue weighted by Gasteiger charge is 2.04. The molecule has 4 heteroatoms. The maximum Gasteiger partial charge on any atom is 0.136 e. The van der Waals surface area contributed by atoms with Crippen LogP contribution in [0.4, 0.5) is 5.69 Å². The molecule has 0 aliphatic rings. The highest BCUT2D eigenvalue weighted by Crippen LogP contribution is 2.22. The van der Waals surface area contributed by atoms with Crippen LogP contribution in [0.2, 0.25) is 0 Å². The molecule has 2 aromatic carbocycles. The van der Waals surface area contributed by atoms with E-state index in [0.717, 1.165) is 15.7 Å². The maximum atomic E-state index is 9.07. The molecular weight excluding hydrogens is 316 g/mol. The van der Waals surface area contributed by atoms with Crippen LogP contribution in [0.3, 0.4) is 0 Å². The van der Waals surface area contributed by atoms with Crippen LogP contribution in [0.15, 0.2) is 40.9 Å². The Hall–Kier alpha value is -1.99. The summed E-state index contributed by atoms with van der Waals surface area (Å²) in [4.78, 5) is 0. The van der Waals surface area contributed by atoms with Gasteiger partial charge >= 0.3 is 0 Å². The Morgan fingerprint density at radius 2 is 2.05 bits per heavy atom. The lowest BCUT2D eigenvalue weighted by Gasteiger charge is -2.10. The van der Waals surface area contributed by atoms with E-state index >= 15 is 0 Å². The second-order valence-corrected chi connectivity index (χ2v) is 5.32. The van der Waals surface area contributed by atoms with Gasteiger partial charge < -0.3 is 10.1 Å². The van der Waals surface area contributed by atoms with Crippen LogP contribution in [0, 0.1) is 18.3 Å². The minimum absolute atomic E-state index is 0.554. The van der Waals surface area contributed by atoms with E-state index in [1.54, 1.807) is 7.11 Å². The van der Waals surface area contributed by atoms with Crippen molar-refractivity contribution < 1.29 is 4.74 Å². The Morgan fingerprint density at radius 1 is 1.25 bits per heavy atom. The van der Waals surface area contributed by atoms with E-state index in [-0.39, 0.29) is 0 Å². The molecule has 0 radical (unpaired) electrons. The molecular formula is C16H15BrN2O. The van der Waals surface area contributed by atoms with Gasteiger partial charge in [-0.1, -0.05) is 22.0 Å². The molecule has 0 heterocycles. The lowest BCUT2D eigenvalue weighted by Crippen LogP contribution is -2.00. The van der Waals surface area contributed by atoms with E-state index in [2.05, 4.69) is 40.3 Å². The third-order valence-corrected chi connectivity index (χ3v) is 3.93. The molecule has 0 spiro atoms. The number of ether oxygens (including phenoxy) is 1. The lowest BCUT2D eigenvalue weighted by molar-refractivity contribution is 0.413. The Balaban J connectivity index is 2.11. The predicted molar refractivity (Wildman–Crippen MR) is 83.9 cm³/mol. The van der Waals surface area contributed by atoms with Crippen LogP contribution in [0.25, 0.3) is 0 Å². The van der Waals surface area contributed by atoms with Gasteiger partial charge in [0.15, 0.2) is 0 Å². The average Bonchev–Trinajstić information content (AvgIpc) is 2.48. The van der Waals surface area contributed by atoms with Crippen LogP contribution in [-0.2, 0) is 6.54 Å². The Morgan fingerprint density at radius 3 is 2.70 bits per heavy atom. The summed E-state index contributed by atoms with van der Waals surface area (Å²) in [5.74, 6) is 0.607. The van der Waals surface area contributed by atoms with Crippen molar-refractivity contribution in [1.29, 1.82) is 5.26 Å². The van der Waals surface area contributed by atoms with Crippen LogP contribution in [-0.4, -0.2) is 7.11 Å². The van der Waals surface area contributed by atoms with Gasteiger partial charge in [0.1, 0.15) is 11.8 Å². The van der Waals surface area contributed by atoms with Crippen molar-refractivity contribution in [1.82, 2.24) is 0 Å². The number of methoxy groups -OCH3 is 1. The van der Waals surface area contributed by atoms with Gasteiger partial charge in [0, 0.05) is 16.7 Å². The van der Waals surface area contributed by atoms with Crippen LogP contribution < -0.4 is 10.1 Å². The summed E-state index contributed by atoms with van der Waals surface area (Å²) in [6.07, 6.45) is 0. The quantitative estimate of drug-likeness (QED) is 0.911. The first-order chi connectivity index (χ1) is 9.63. The number of hydrogen-bond donors (Lipinski definition) is 1. The molecule has 0 fully saturated rings. The SMILES string of the molecule is COc1ccc(CNc2ccc(Br)c(C)c2)cc1C#N. The molecule has 0 unspecified atom stereocenters. The molecule has 3 nitrogen and oxygen atoms in total. The first kappa shape index (κ1) is 14.4. The van der Waals surface area contributed by atoms with Gasteiger partial charge in [0.05, 0.1) is 12.7 Å². The number of nitrogens with one attached hydrogen (secondary N) is 1. The number of hydrogen-bond acceptors (Lipinski definition) is 3. The van der Waals surface area contributed by atoms with E-state index in [4.69, 9.17) is 10.00 Å². The fourth-order valence-corrected chi connectivity index (χ4v) is 2.16. The third kappa shape index (κ3) is 3.31. The molecule has 0 atom stereocenters. The minimum Gasteiger partial charge on any atom is -0.495 e. The van der Waals surface area contributed by atoms with E-state index in [1.165, 1.54) is 5.56 Å². The zero-order chi connectivity index (χ0) is 14.5. The first-order valence-corrected chi connectivity index (χ1v) is 7.00. The van der Waals surface area contributed by atoms with Crippen LogP contribution in [0.5, 0.6) is 5.75 Å². The Bertz CT molecular complexity index is 662. The standard InChI is InChI=1S/C16H15BrN2O/c1-11-7-14(4-5-15(11)17)19-10-12-3-6-16(20-2)13(8-12)9-18/h3-8,19H,10H2,1-2H3. The largest absolute Gasteiger partial charge is 0.495 e. The van der Waals surface area contributed by atoms with Crippen molar-refractivity contribution in [2.45, 2.75) is 13.5 Å². The van der Waals surface area contributed by atoms with Gasteiger partial charge in [0.2, 0.25) is 0 Å². The van der Waals surface area contributed by atoms with Crippen molar-refractivity contribution >= 4 is 21.6 Å². The summed E-state index contributed by atoms with van der Waals surface area (Å²) in [7, 11) is 1.57. The smallest absolute Gasteiger partial charge is 0.136 e. The number of anilines is 1. The summed E-state index contributed by atoms with van der Waals surface area (Å²) in [6, 6.07) is 13.9. The van der Waals surface area contributed by atoms with Crippen molar-refractivity contribution in [2.24, 2.45) is 0 Å². The maximum absolute atomic E-state index is 9.07. The molecule has 0 amide bonds. The minimum atomic E-state index is 0.554. The molecule has 102 valence electrons. The zero-order valence-corrected chi connectivity index (χ0v) is 13.0. The Kier molecular flexibility index (Phi) is 4.65. The van der Waals surface area contributed by atoms with Crippen molar-refractivity contribution in [2.75, 3.05) is 12.4 Å². The first-order valence-electron chi connectivity index (χ1n) is 6.21. The fourth-order valence-electron chi connectivity index (χ4n) is 1.91. The molecule has 1 N–H and O–H groups in total.